The Kier molecular flexibility index (Phi) is 4.97. The van der Waals surface area contributed by atoms with Gasteiger partial charge in [0.25, 0.3) is 5.91 Å². The molecule has 7 heteroatoms. The molecule has 0 saturated carbocycles. The van der Waals surface area contributed by atoms with Crippen molar-refractivity contribution in [3.63, 3.8) is 0 Å². The van der Waals surface area contributed by atoms with Crippen molar-refractivity contribution in [2.45, 2.75) is 0 Å². The van der Waals surface area contributed by atoms with Gasteiger partial charge in [-0.2, -0.15) is 0 Å². The van der Waals surface area contributed by atoms with E-state index in [1.165, 1.54) is 18.2 Å². The fourth-order valence-electron chi connectivity index (χ4n) is 3.22. The maximum absolute atomic E-state index is 13.8. The molecular formula is C21H19FN2O4. The van der Waals surface area contributed by atoms with Gasteiger partial charge >= 0.3 is 0 Å². The molecule has 1 fully saturated rings. The van der Waals surface area contributed by atoms with Crippen molar-refractivity contribution in [1.29, 1.82) is 0 Å². The lowest BCUT2D eigenvalue weighted by molar-refractivity contribution is -0.127. The average molecular weight is 382 g/mol. The van der Waals surface area contributed by atoms with Gasteiger partial charge in [0.05, 0.1) is 5.56 Å². The van der Waals surface area contributed by atoms with Crippen molar-refractivity contribution >= 4 is 17.9 Å². The molecule has 2 amide bonds. The van der Waals surface area contributed by atoms with Crippen molar-refractivity contribution in [1.82, 2.24) is 9.80 Å². The molecule has 2 aliphatic heterocycles. The summed E-state index contributed by atoms with van der Waals surface area (Å²) >= 11 is 0. The third kappa shape index (κ3) is 3.69. The van der Waals surface area contributed by atoms with E-state index in [-0.39, 0.29) is 24.2 Å². The number of carbonyl (C=O) groups excluding carboxylic acids is 2. The standard InChI is InChI=1S/C21H19FN2O4/c22-17-4-2-1-3-16(17)21(26)24-11-9-23(10-12-24)20(25)8-6-15-5-7-18-19(13-15)28-14-27-18/h1-8,13H,9-12,14H2/b8-6+. The number of amides is 2. The van der Waals surface area contributed by atoms with Crippen molar-refractivity contribution in [2.24, 2.45) is 0 Å². The van der Waals surface area contributed by atoms with Crippen molar-refractivity contribution < 1.29 is 23.5 Å². The van der Waals surface area contributed by atoms with E-state index >= 15 is 0 Å². The highest BCUT2D eigenvalue weighted by atomic mass is 19.1. The fourth-order valence-corrected chi connectivity index (χ4v) is 3.22. The molecule has 0 spiro atoms. The zero-order valence-corrected chi connectivity index (χ0v) is 15.1. The lowest BCUT2D eigenvalue weighted by atomic mass is 10.1. The normalized spacial score (nSPS) is 15.9. The summed E-state index contributed by atoms with van der Waals surface area (Å²) in [5, 5.41) is 0. The maximum Gasteiger partial charge on any atom is 0.256 e. The van der Waals surface area contributed by atoms with E-state index in [0.29, 0.717) is 37.7 Å². The lowest BCUT2D eigenvalue weighted by Gasteiger charge is -2.34. The van der Waals surface area contributed by atoms with E-state index in [9.17, 15) is 14.0 Å². The zero-order valence-electron chi connectivity index (χ0n) is 15.1. The summed E-state index contributed by atoms with van der Waals surface area (Å²) in [4.78, 5) is 28.1. The minimum atomic E-state index is -0.530. The average Bonchev–Trinajstić information content (AvgIpc) is 3.20. The molecule has 0 atom stereocenters. The summed E-state index contributed by atoms with van der Waals surface area (Å²) in [5.74, 6) is 0.350. The largest absolute Gasteiger partial charge is 0.454 e. The van der Waals surface area contributed by atoms with Crippen LogP contribution in [-0.4, -0.2) is 54.6 Å². The van der Waals surface area contributed by atoms with Gasteiger partial charge in [0.2, 0.25) is 12.7 Å². The van der Waals surface area contributed by atoms with Gasteiger partial charge in [0.15, 0.2) is 11.5 Å². The molecule has 2 heterocycles. The molecule has 0 unspecified atom stereocenters. The second kappa shape index (κ2) is 7.72. The van der Waals surface area contributed by atoms with E-state index < -0.39 is 5.82 Å². The number of piperazine rings is 1. The van der Waals surface area contributed by atoms with Crippen LogP contribution in [0.4, 0.5) is 4.39 Å². The minimum Gasteiger partial charge on any atom is -0.454 e. The van der Waals surface area contributed by atoms with Crippen LogP contribution in [-0.2, 0) is 4.79 Å². The van der Waals surface area contributed by atoms with Gasteiger partial charge in [-0.3, -0.25) is 9.59 Å². The Balaban J connectivity index is 1.34. The van der Waals surface area contributed by atoms with E-state index in [0.717, 1.165) is 5.56 Å². The van der Waals surface area contributed by atoms with Crippen molar-refractivity contribution in [3.05, 3.63) is 65.5 Å². The number of ether oxygens (including phenoxy) is 2. The van der Waals surface area contributed by atoms with Crippen molar-refractivity contribution in [2.75, 3.05) is 33.0 Å². The first kappa shape index (κ1) is 18.0. The number of fused-ring (bicyclic) bond motifs is 1. The van der Waals surface area contributed by atoms with Gasteiger partial charge in [0, 0.05) is 32.3 Å². The lowest BCUT2D eigenvalue weighted by Crippen LogP contribution is -2.50. The summed E-state index contributed by atoms with van der Waals surface area (Å²) in [7, 11) is 0. The third-order valence-corrected chi connectivity index (χ3v) is 4.80. The van der Waals surface area contributed by atoms with Gasteiger partial charge in [0.1, 0.15) is 5.82 Å². The number of benzene rings is 2. The highest BCUT2D eigenvalue weighted by molar-refractivity contribution is 5.95. The third-order valence-electron chi connectivity index (χ3n) is 4.80. The monoisotopic (exact) mass is 382 g/mol. The molecule has 6 nitrogen and oxygen atoms in total. The predicted molar refractivity (Wildman–Crippen MR) is 100 cm³/mol. The highest BCUT2D eigenvalue weighted by Gasteiger charge is 2.25. The molecule has 144 valence electrons. The number of nitrogens with zero attached hydrogens (tertiary/aromatic N) is 2. The van der Waals surface area contributed by atoms with Crippen LogP contribution in [0.15, 0.2) is 48.5 Å². The molecule has 2 aromatic rings. The first-order chi connectivity index (χ1) is 13.6. The number of carbonyl (C=O) groups is 2. The number of halogens is 1. The Morgan fingerprint density at radius 3 is 2.43 bits per heavy atom. The molecule has 0 N–H and O–H groups in total. The second-order valence-electron chi connectivity index (χ2n) is 6.54. The van der Waals surface area contributed by atoms with Crippen LogP contribution in [0.3, 0.4) is 0 Å². The SMILES string of the molecule is O=C(/C=C/c1ccc2c(c1)OCO2)N1CCN(C(=O)c2ccccc2F)CC1. The van der Waals surface area contributed by atoms with Crippen LogP contribution in [0.25, 0.3) is 6.08 Å². The van der Waals surface area contributed by atoms with E-state index in [1.54, 1.807) is 34.1 Å². The van der Waals surface area contributed by atoms with Crippen LogP contribution >= 0.6 is 0 Å². The summed E-state index contributed by atoms with van der Waals surface area (Å²) < 4.78 is 24.4. The summed E-state index contributed by atoms with van der Waals surface area (Å²) in [6, 6.07) is 11.4. The molecule has 4 rings (SSSR count). The van der Waals surface area contributed by atoms with Crippen LogP contribution in [0.5, 0.6) is 11.5 Å². The summed E-state index contributed by atoms with van der Waals surface area (Å²) in [6.07, 6.45) is 3.23. The molecule has 28 heavy (non-hydrogen) atoms. The Morgan fingerprint density at radius 2 is 1.64 bits per heavy atom. The Labute approximate surface area is 161 Å². The first-order valence-corrected chi connectivity index (χ1v) is 9.02. The van der Waals surface area contributed by atoms with E-state index in [4.69, 9.17) is 9.47 Å². The van der Waals surface area contributed by atoms with Crippen LogP contribution in [0.2, 0.25) is 0 Å². The van der Waals surface area contributed by atoms with Crippen LogP contribution in [0.1, 0.15) is 15.9 Å². The van der Waals surface area contributed by atoms with Gasteiger partial charge in [-0.05, 0) is 35.9 Å². The maximum atomic E-state index is 13.8. The second-order valence-corrected chi connectivity index (χ2v) is 6.54. The Hall–Kier alpha value is -3.35. The van der Waals surface area contributed by atoms with E-state index in [1.807, 2.05) is 12.1 Å². The van der Waals surface area contributed by atoms with Gasteiger partial charge in [-0.1, -0.05) is 18.2 Å². The van der Waals surface area contributed by atoms with Crippen LogP contribution in [0, 0.1) is 5.82 Å². The van der Waals surface area contributed by atoms with E-state index in [2.05, 4.69) is 0 Å². The van der Waals surface area contributed by atoms with Gasteiger partial charge < -0.3 is 19.3 Å². The van der Waals surface area contributed by atoms with Gasteiger partial charge in [-0.25, -0.2) is 4.39 Å². The summed E-state index contributed by atoms with van der Waals surface area (Å²) in [5.41, 5.74) is 0.899. The first-order valence-electron chi connectivity index (χ1n) is 9.02. The predicted octanol–water partition coefficient (Wildman–Crippen LogP) is 2.55. The molecule has 0 aliphatic carbocycles. The Bertz CT molecular complexity index is 936. The molecular weight excluding hydrogens is 363 g/mol. The quantitative estimate of drug-likeness (QED) is 0.766. The highest BCUT2D eigenvalue weighted by Crippen LogP contribution is 2.32. The molecule has 2 aliphatic rings. The summed E-state index contributed by atoms with van der Waals surface area (Å²) in [6.45, 7) is 1.76. The minimum absolute atomic E-state index is 0.0602. The molecule has 1 saturated heterocycles. The fraction of sp³-hybridized carbons (Fsp3) is 0.238. The zero-order chi connectivity index (χ0) is 19.5. The number of hydrogen-bond donors (Lipinski definition) is 0. The smallest absolute Gasteiger partial charge is 0.256 e. The molecule has 0 aromatic heterocycles. The molecule has 2 aromatic carbocycles. The molecule has 0 bridgehead atoms. The molecule has 0 radical (unpaired) electrons. The Morgan fingerprint density at radius 1 is 0.929 bits per heavy atom. The number of rotatable bonds is 3. The topological polar surface area (TPSA) is 59.1 Å². The van der Waals surface area contributed by atoms with Crippen molar-refractivity contribution in [3.8, 4) is 11.5 Å². The van der Waals surface area contributed by atoms with Crippen LogP contribution < -0.4 is 9.47 Å². The number of hydrogen-bond acceptors (Lipinski definition) is 4. The van der Waals surface area contributed by atoms with Gasteiger partial charge in [-0.15, -0.1) is 0 Å².